The van der Waals surface area contributed by atoms with Gasteiger partial charge in [0.2, 0.25) is 17.7 Å². The minimum atomic E-state index is -1.12. The van der Waals surface area contributed by atoms with Crippen molar-refractivity contribution in [3.63, 3.8) is 0 Å². The predicted molar refractivity (Wildman–Crippen MR) is 301 cm³/mol. The Hall–Kier alpha value is -5.94. The Balaban J connectivity index is 0.000000198. The van der Waals surface area contributed by atoms with Crippen LogP contribution in [0.5, 0.6) is 0 Å². The average molecular weight is 1130 g/mol. The summed E-state index contributed by atoms with van der Waals surface area (Å²) < 4.78 is 64.6. The molecule has 79 heavy (non-hydrogen) atoms. The first kappa shape index (κ1) is 60.7. The number of likely N-dealkylation sites (tertiary alicyclic amines) is 2. The number of carbonyl (C=O) groups excluding carboxylic acids is 3. The van der Waals surface area contributed by atoms with Crippen molar-refractivity contribution < 1.29 is 51.3 Å². The molecule has 4 aromatic carbocycles. The third-order valence-electron chi connectivity index (χ3n) is 15.2. The smallest absolute Gasteiger partial charge is 0.323 e. The number of halogens is 4. The third-order valence-corrected chi connectivity index (χ3v) is 17.1. The van der Waals surface area contributed by atoms with Gasteiger partial charge in [-0.25, -0.2) is 27.5 Å². The fourth-order valence-corrected chi connectivity index (χ4v) is 12.6. The third kappa shape index (κ3) is 14.2. The molecule has 10 rings (SSSR count). The number of aliphatic carboxylic acids is 1. The molecule has 4 aliphatic heterocycles. The van der Waals surface area contributed by atoms with Gasteiger partial charge in [-0.2, -0.15) is 0 Å². The average Bonchev–Trinajstić information content (AvgIpc) is 4.42. The second kappa shape index (κ2) is 28.5. The van der Waals surface area contributed by atoms with E-state index in [1.54, 1.807) is 35.6 Å². The first-order valence-corrected chi connectivity index (χ1v) is 28.3. The molecular formula is C58H72F4N8O7S2. The molecule has 6 atom stereocenters. The maximum atomic E-state index is 14.4. The minimum absolute atomic E-state index is 0. The molecule has 0 saturated carbocycles. The van der Waals surface area contributed by atoms with Gasteiger partial charge in [0, 0.05) is 72.2 Å². The fourth-order valence-electron chi connectivity index (χ4n) is 10.7. The van der Waals surface area contributed by atoms with Crippen molar-refractivity contribution >= 4 is 67.9 Å². The predicted octanol–water partition coefficient (Wildman–Crippen LogP) is 9.36. The number of carboxylic acid groups (broad SMARTS) is 1. The van der Waals surface area contributed by atoms with Crippen LogP contribution in [-0.4, -0.2) is 152 Å². The van der Waals surface area contributed by atoms with Gasteiger partial charge in [0.1, 0.15) is 53.1 Å². The molecule has 6 aromatic rings. The van der Waals surface area contributed by atoms with E-state index in [1.165, 1.54) is 49.5 Å². The van der Waals surface area contributed by atoms with Crippen LogP contribution in [0, 0.1) is 23.5 Å². The Morgan fingerprint density at radius 2 is 1.15 bits per heavy atom. The second-order valence-corrected chi connectivity index (χ2v) is 22.0. The van der Waals surface area contributed by atoms with Gasteiger partial charge in [-0.1, -0.05) is 56.0 Å². The molecule has 6 heterocycles. The largest absolute Gasteiger partial charge is 0.480 e. The zero-order valence-electron chi connectivity index (χ0n) is 44.1. The number of benzene rings is 4. The first-order valence-electron chi connectivity index (χ1n) is 26.5. The van der Waals surface area contributed by atoms with E-state index in [9.17, 15) is 36.7 Å². The van der Waals surface area contributed by atoms with Gasteiger partial charge >= 0.3 is 5.97 Å². The van der Waals surface area contributed by atoms with Crippen molar-refractivity contribution in [1.82, 2.24) is 35.3 Å². The number of fused-ring (bicyclic) bond motifs is 2. The molecule has 4 aliphatic rings. The molecule has 0 aliphatic carbocycles. The number of carboxylic acids is 1. The standard InChI is InChI=1S/C28H32F2N4O3S.C24H26FN3O2S.C5H10FNO2.CH4/c1-31-22(15-29)26(35)33-25(17-10-13-37-14-11-17)28(36)34-12-4-7-24(34)27-32-23(16-38-27)20-8-9-21(30)19-6-3-2-5-18(19)20;25-19-8-7-18(16-4-1-2-5-17(16)19)20-14-31-23(27-20)21-6-3-11-28(21)24(29)22(26)15-9-12-30-13-10-15;1-7(2)4(3-6)5(8)9;/h2-3,5-6,8-9,16-17,22,24-25,31H,4,7,10-15H2,1H3,(H,33,35);1-2,4-5,7-8,14-15,21-22H,3,6,9-13,26H2;4H,3H2,1-2H3,(H,8,9);1H4/t22?,24-,25-;21-,22-;;/m00../s1. The summed E-state index contributed by atoms with van der Waals surface area (Å²) in [5, 5.41) is 22.3. The molecule has 0 spiro atoms. The highest BCUT2D eigenvalue weighted by atomic mass is 32.1. The molecule has 4 fully saturated rings. The second-order valence-electron chi connectivity index (χ2n) is 20.2. The number of nitrogens with two attached hydrogens (primary N) is 1. The quantitative estimate of drug-likeness (QED) is 0.0714. The Bertz CT molecular complexity index is 3000. The summed E-state index contributed by atoms with van der Waals surface area (Å²) >= 11 is 3.05. The number of amides is 3. The monoisotopic (exact) mass is 1130 g/mol. The molecule has 21 heteroatoms. The van der Waals surface area contributed by atoms with Crippen LogP contribution >= 0.6 is 22.7 Å². The number of thiazole rings is 2. The lowest BCUT2D eigenvalue weighted by molar-refractivity contribution is -0.143. The molecule has 0 bridgehead atoms. The van der Waals surface area contributed by atoms with E-state index in [-0.39, 0.29) is 54.8 Å². The maximum Gasteiger partial charge on any atom is 0.323 e. The number of likely N-dealkylation sites (N-methyl/N-ethyl adjacent to an activating group) is 2. The number of nitrogens with one attached hydrogen (secondary N) is 2. The summed E-state index contributed by atoms with van der Waals surface area (Å²) in [6.45, 7) is 1.97. The lowest BCUT2D eigenvalue weighted by atomic mass is 9.90. The van der Waals surface area contributed by atoms with Crippen LogP contribution in [0.15, 0.2) is 83.6 Å². The molecule has 15 nitrogen and oxygen atoms in total. The summed E-state index contributed by atoms with van der Waals surface area (Å²) in [6.07, 6.45) is 6.40. The summed E-state index contributed by atoms with van der Waals surface area (Å²) in [6, 6.07) is 17.8. The molecule has 4 saturated heterocycles. The Labute approximate surface area is 466 Å². The molecule has 2 aromatic heterocycles. The van der Waals surface area contributed by atoms with Gasteiger partial charge in [0.15, 0.2) is 0 Å². The number of hydrogen-bond acceptors (Lipinski definition) is 13. The lowest BCUT2D eigenvalue weighted by Gasteiger charge is -2.35. The number of ether oxygens (including phenoxy) is 2. The first-order chi connectivity index (χ1) is 37.7. The molecule has 426 valence electrons. The van der Waals surface area contributed by atoms with Crippen LogP contribution in [0.3, 0.4) is 0 Å². The summed E-state index contributed by atoms with van der Waals surface area (Å²) in [5.74, 6) is -2.19. The Kier molecular flexibility index (Phi) is 21.9. The van der Waals surface area contributed by atoms with E-state index in [2.05, 4.69) is 10.6 Å². The van der Waals surface area contributed by atoms with Gasteiger partial charge in [-0.05, 0) is 119 Å². The van der Waals surface area contributed by atoms with Crippen molar-refractivity contribution in [2.75, 3.05) is 74.0 Å². The summed E-state index contributed by atoms with van der Waals surface area (Å²) in [4.78, 5) is 64.9. The van der Waals surface area contributed by atoms with Crippen molar-refractivity contribution in [3.8, 4) is 22.5 Å². The van der Waals surface area contributed by atoms with Crippen LogP contribution in [0.2, 0.25) is 0 Å². The topological polar surface area (TPSA) is 193 Å². The number of alkyl halides is 2. The van der Waals surface area contributed by atoms with Gasteiger partial charge in [0.25, 0.3) is 0 Å². The highest BCUT2D eigenvalue weighted by molar-refractivity contribution is 7.10. The zero-order chi connectivity index (χ0) is 55.5. The number of aromatic nitrogens is 2. The minimum Gasteiger partial charge on any atom is -0.480 e. The van der Waals surface area contributed by atoms with E-state index < -0.39 is 49.4 Å². The summed E-state index contributed by atoms with van der Waals surface area (Å²) in [7, 11) is 4.58. The van der Waals surface area contributed by atoms with E-state index in [1.807, 2.05) is 57.0 Å². The number of nitrogens with zero attached hydrogens (tertiary/aromatic N) is 5. The number of rotatable bonds is 15. The van der Waals surface area contributed by atoms with Crippen LogP contribution in [0.4, 0.5) is 17.6 Å². The number of carbonyl (C=O) groups is 4. The van der Waals surface area contributed by atoms with E-state index >= 15 is 0 Å². The van der Waals surface area contributed by atoms with Crippen molar-refractivity contribution in [2.24, 2.45) is 17.6 Å². The van der Waals surface area contributed by atoms with Crippen molar-refractivity contribution in [2.45, 2.75) is 95.0 Å². The van der Waals surface area contributed by atoms with E-state index in [0.717, 1.165) is 88.4 Å². The molecule has 5 N–H and O–H groups in total. The Morgan fingerprint density at radius 1 is 0.696 bits per heavy atom. The lowest BCUT2D eigenvalue weighted by Crippen LogP contribution is -2.57. The van der Waals surface area contributed by atoms with E-state index in [0.29, 0.717) is 56.6 Å². The highest BCUT2D eigenvalue weighted by Crippen LogP contribution is 2.40. The molecule has 0 radical (unpaired) electrons. The van der Waals surface area contributed by atoms with Crippen LogP contribution in [0.1, 0.15) is 80.9 Å². The van der Waals surface area contributed by atoms with Crippen molar-refractivity contribution in [1.29, 1.82) is 0 Å². The molecular weight excluding hydrogens is 1060 g/mol. The van der Waals surface area contributed by atoms with Gasteiger partial charge in [-0.15, -0.1) is 22.7 Å². The highest BCUT2D eigenvalue weighted by Gasteiger charge is 2.41. The maximum absolute atomic E-state index is 14.4. The van der Waals surface area contributed by atoms with Crippen LogP contribution in [0.25, 0.3) is 44.1 Å². The molecule has 2 unspecified atom stereocenters. The SMILES string of the molecule is C.CN(C)C(CF)C(=O)O.CNC(CF)C(=O)N[C@H](C(=O)N1CCC[C@H]1c1nc(-c2ccc(F)c3ccccc23)cs1)C1CCOCC1.N[C@H](C(=O)N1CCC[C@H]1c1nc(-c2ccc(F)c3ccccc23)cs1)C1CCOCC1. The van der Waals surface area contributed by atoms with Crippen molar-refractivity contribution in [3.05, 3.63) is 105 Å². The summed E-state index contributed by atoms with van der Waals surface area (Å²) in [5.41, 5.74) is 9.71. The normalized spacial score (nSPS) is 19.4. The van der Waals surface area contributed by atoms with Gasteiger partial charge < -0.3 is 40.7 Å². The van der Waals surface area contributed by atoms with Crippen LogP contribution in [-0.2, 0) is 28.7 Å². The fraction of sp³-hybridized carbons (Fsp3) is 0.483. The van der Waals surface area contributed by atoms with Gasteiger partial charge in [-0.3, -0.25) is 24.1 Å². The van der Waals surface area contributed by atoms with E-state index in [4.69, 9.17) is 30.3 Å². The van der Waals surface area contributed by atoms with Gasteiger partial charge in [0.05, 0.1) is 29.5 Å². The molecule has 3 amide bonds. The Morgan fingerprint density at radius 3 is 1.57 bits per heavy atom. The zero-order valence-corrected chi connectivity index (χ0v) is 45.7. The van der Waals surface area contributed by atoms with Crippen LogP contribution < -0.4 is 16.4 Å². The number of hydrogen-bond donors (Lipinski definition) is 4.